The number of carbonyl (C=O) groups excluding carboxylic acids is 1. The topological polar surface area (TPSA) is 65.8 Å². The van der Waals surface area contributed by atoms with Crippen LogP contribution < -0.4 is 5.32 Å². The Morgan fingerprint density at radius 2 is 2.21 bits per heavy atom. The van der Waals surface area contributed by atoms with Crippen molar-refractivity contribution in [1.29, 1.82) is 5.26 Å². The van der Waals surface area contributed by atoms with Crippen molar-refractivity contribution in [2.75, 3.05) is 5.32 Å². The molecule has 1 heterocycles. The van der Waals surface area contributed by atoms with E-state index in [0.717, 1.165) is 6.07 Å². The Balaban J connectivity index is 2.25. The van der Waals surface area contributed by atoms with E-state index in [1.54, 1.807) is 6.07 Å². The van der Waals surface area contributed by atoms with Gasteiger partial charge in [-0.1, -0.05) is 11.6 Å². The number of benzene rings is 1. The van der Waals surface area contributed by atoms with Crippen molar-refractivity contribution < 1.29 is 9.18 Å². The van der Waals surface area contributed by atoms with Crippen LogP contribution in [0.1, 0.15) is 15.9 Å². The van der Waals surface area contributed by atoms with Crippen molar-refractivity contribution in [2.24, 2.45) is 0 Å². The number of anilines is 1. The molecule has 94 valence electrons. The number of halogens is 2. The van der Waals surface area contributed by atoms with E-state index in [-0.39, 0.29) is 16.1 Å². The van der Waals surface area contributed by atoms with Crippen molar-refractivity contribution in [3.63, 3.8) is 0 Å². The number of rotatable bonds is 2. The summed E-state index contributed by atoms with van der Waals surface area (Å²) in [5, 5.41) is 11.5. The first-order valence-corrected chi connectivity index (χ1v) is 5.60. The number of aromatic nitrogens is 1. The zero-order chi connectivity index (χ0) is 13.8. The van der Waals surface area contributed by atoms with Gasteiger partial charge in [0.05, 0.1) is 16.1 Å². The first kappa shape index (κ1) is 13.0. The molecule has 1 amide bonds. The predicted octanol–water partition coefficient (Wildman–Crippen LogP) is 3.00. The van der Waals surface area contributed by atoms with Gasteiger partial charge >= 0.3 is 0 Å². The number of amides is 1. The summed E-state index contributed by atoms with van der Waals surface area (Å²) in [5.74, 6) is -1.12. The second-order valence-corrected chi connectivity index (χ2v) is 4.02. The van der Waals surface area contributed by atoms with Gasteiger partial charge in [0.2, 0.25) is 0 Å². The molecule has 0 aliphatic carbocycles. The molecule has 1 aromatic heterocycles. The van der Waals surface area contributed by atoms with Crippen LogP contribution in [0.4, 0.5) is 10.1 Å². The second-order valence-electron chi connectivity index (χ2n) is 3.62. The maximum atomic E-state index is 13.1. The summed E-state index contributed by atoms with van der Waals surface area (Å²) in [6.45, 7) is 0. The Labute approximate surface area is 113 Å². The minimum Gasteiger partial charge on any atom is -0.322 e. The minimum atomic E-state index is -0.639. The molecular formula is C13H7ClFN3O. The summed E-state index contributed by atoms with van der Waals surface area (Å²) >= 11 is 5.86. The summed E-state index contributed by atoms with van der Waals surface area (Å²) in [7, 11) is 0. The number of nitrogens with zero attached hydrogens (tertiary/aromatic N) is 2. The molecule has 0 spiro atoms. The first-order valence-electron chi connectivity index (χ1n) is 5.22. The zero-order valence-electron chi connectivity index (χ0n) is 9.52. The van der Waals surface area contributed by atoms with Gasteiger partial charge in [-0.2, -0.15) is 5.26 Å². The van der Waals surface area contributed by atoms with Gasteiger partial charge < -0.3 is 5.32 Å². The van der Waals surface area contributed by atoms with Crippen molar-refractivity contribution in [2.45, 2.75) is 0 Å². The molecule has 4 nitrogen and oxygen atoms in total. The van der Waals surface area contributed by atoms with Crippen LogP contribution in [-0.2, 0) is 0 Å². The third-order valence-electron chi connectivity index (χ3n) is 2.36. The van der Waals surface area contributed by atoms with Gasteiger partial charge in [0.25, 0.3) is 5.91 Å². The molecule has 1 N–H and O–H groups in total. The van der Waals surface area contributed by atoms with Gasteiger partial charge in [-0.25, -0.2) is 4.39 Å². The first-order chi connectivity index (χ1) is 9.11. The molecule has 0 aliphatic rings. The van der Waals surface area contributed by atoms with E-state index in [9.17, 15) is 9.18 Å². The Morgan fingerprint density at radius 1 is 1.42 bits per heavy atom. The normalized spacial score (nSPS) is 9.74. The van der Waals surface area contributed by atoms with E-state index in [4.69, 9.17) is 16.9 Å². The van der Waals surface area contributed by atoms with Crippen LogP contribution in [0.15, 0.2) is 36.7 Å². The maximum absolute atomic E-state index is 13.1. The highest BCUT2D eigenvalue weighted by molar-refractivity contribution is 6.34. The van der Waals surface area contributed by atoms with Gasteiger partial charge in [0.15, 0.2) is 0 Å². The summed E-state index contributed by atoms with van der Waals surface area (Å²) in [5.41, 5.74) is 0.366. The lowest BCUT2D eigenvalue weighted by atomic mass is 10.2. The quantitative estimate of drug-likeness (QED) is 0.916. The van der Waals surface area contributed by atoms with Crippen LogP contribution in [0.25, 0.3) is 0 Å². The number of pyridine rings is 1. The van der Waals surface area contributed by atoms with Crippen LogP contribution in [0.3, 0.4) is 0 Å². The Hall–Kier alpha value is -2.45. The zero-order valence-corrected chi connectivity index (χ0v) is 10.3. The predicted molar refractivity (Wildman–Crippen MR) is 68.3 cm³/mol. The highest BCUT2D eigenvalue weighted by atomic mass is 35.5. The molecule has 0 bridgehead atoms. The maximum Gasteiger partial charge on any atom is 0.258 e. The van der Waals surface area contributed by atoms with Gasteiger partial charge in [0.1, 0.15) is 11.9 Å². The van der Waals surface area contributed by atoms with Crippen LogP contribution in [-0.4, -0.2) is 10.9 Å². The minimum absolute atomic E-state index is 0.143. The molecule has 2 aromatic rings. The Bertz CT molecular complexity index is 682. The van der Waals surface area contributed by atoms with Gasteiger partial charge in [-0.15, -0.1) is 0 Å². The van der Waals surface area contributed by atoms with Crippen LogP contribution in [0, 0.1) is 17.1 Å². The highest BCUT2D eigenvalue weighted by Gasteiger charge is 2.11. The highest BCUT2D eigenvalue weighted by Crippen LogP contribution is 2.18. The van der Waals surface area contributed by atoms with E-state index >= 15 is 0 Å². The molecule has 1 aromatic carbocycles. The van der Waals surface area contributed by atoms with Crippen molar-refractivity contribution >= 4 is 23.2 Å². The van der Waals surface area contributed by atoms with Crippen molar-refractivity contribution in [1.82, 2.24) is 4.98 Å². The number of hydrogen-bond acceptors (Lipinski definition) is 3. The summed E-state index contributed by atoms with van der Waals surface area (Å²) < 4.78 is 13.1. The molecule has 0 saturated heterocycles. The van der Waals surface area contributed by atoms with E-state index in [1.807, 2.05) is 0 Å². The fourth-order valence-corrected chi connectivity index (χ4v) is 1.62. The third-order valence-corrected chi connectivity index (χ3v) is 2.69. The van der Waals surface area contributed by atoms with Crippen LogP contribution in [0.5, 0.6) is 0 Å². The SMILES string of the molecule is N#Cc1cc(NC(=O)c2cnccc2Cl)ccc1F. The lowest BCUT2D eigenvalue weighted by Crippen LogP contribution is -2.13. The van der Waals surface area contributed by atoms with E-state index in [0.29, 0.717) is 5.69 Å². The molecule has 0 saturated carbocycles. The van der Waals surface area contributed by atoms with Crippen LogP contribution >= 0.6 is 11.6 Å². The molecule has 19 heavy (non-hydrogen) atoms. The fraction of sp³-hybridized carbons (Fsp3) is 0. The second kappa shape index (κ2) is 5.46. The van der Waals surface area contributed by atoms with E-state index in [2.05, 4.69) is 10.3 Å². The van der Waals surface area contributed by atoms with Crippen molar-refractivity contribution in [3.8, 4) is 6.07 Å². The number of hydrogen-bond donors (Lipinski definition) is 1. The van der Waals surface area contributed by atoms with E-state index < -0.39 is 11.7 Å². The molecular weight excluding hydrogens is 269 g/mol. The average molecular weight is 276 g/mol. The average Bonchev–Trinajstić information content (AvgIpc) is 2.41. The molecule has 0 unspecified atom stereocenters. The van der Waals surface area contributed by atoms with Crippen LogP contribution in [0.2, 0.25) is 5.02 Å². The Kier molecular flexibility index (Phi) is 3.74. The number of carbonyl (C=O) groups is 1. The summed E-state index contributed by atoms with van der Waals surface area (Å²) in [6, 6.07) is 6.90. The van der Waals surface area contributed by atoms with Gasteiger partial charge in [-0.3, -0.25) is 9.78 Å². The molecule has 6 heteroatoms. The summed E-state index contributed by atoms with van der Waals surface area (Å²) in [6.07, 6.45) is 2.79. The standard InChI is InChI=1S/C13H7ClFN3O/c14-11-3-4-17-7-10(11)13(19)18-9-1-2-12(15)8(5-9)6-16/h1-5,7H,(H,18,19). The largest absolute Gasteiger partial charge is 0.322 e. The summed E-state index contributed by atoms with van der Waals surface area (Å²) in [4.78, 5) is 15.7. The molecule has 0 radical (unpaired) electrons. The lowest BCUT2D eigenvalue weighted by Gasteiger charge is -2.06. The lowest BCUT2D eigenvalue weighted by molar-refractivity contribution is 0.102. The van der Waals surface area contributed by atoms with E-state index in [1.165, 1.54) is 30.6 Å². The molecule has 2 rings (SSSR count). The van der Waals surface area contributed by atoms with Gasteiger partial charge in [0, 0.05) is 18.1 Å². The fourth-order valence-electron chi connectivity index (χ4n) is 1.43. The number of nitrogens with one attached hydrogen (secondary N) is 1. The van der Waals surface area contributed by atoms with Gasteiger partial charge in [-0.05, 0) is 24.3 Å². The third kappa shape index (κ3) is 2.87. The number of nitriles is 1. The monoisotopic (exact) mass is 275 g/mol. The smallest absolute Gasteiger partial charge is 0.258 e. The Morgan fingerprint density at radius 3 is 2.89 bits per heavy atom. The molecule has 0 atom stereocenters. The van der Waals surface area contributed by atoms with Crippen molar-refractivity contribution in [3.05, 3.63) is 58.6 Å². The molecule has 0 fully saturated rings. The molecule has 0 aliphatic heterocycles.